The molecule has 0 amide bonds. The molecule has 1 aliphatic heterocycles. The van der Waals surface area contributed by atoms with E-state index in [-0.39, 0.29) is 12.8 Å². The Morgan fingerprint density at radius 1 is 1.23 bits per heavy atom. The molecule has 0 aromatic heterocycles. The molecule has 14 heteroatoms. The molecule has 3 aliphatic rings. The lowest BCUT2D eigenvalue weighted by Gasteiger charge is -2.42. The van der Waals surface area contributed by atoms with Gasteiger partial charge >= 0.3 is 17.2 Å². The maximum absolute atomic E-state index is 13.4. The monoisotopic (exact) mass is 781 g/mol. The highest BCUT2D eigenvalue weighted by Gasteiger charge is 2.63. The number of halogens is 5. The molecule has 2 aliphatic carbocycles. The van der Waals surface area contributed by atoms with E-state index in [2.05, 4.69) is 49.9 Å². The smallest absolute Gasteiger partial charge is 0.428 e. The zero-order valence-electron chi connectivity index (χ0n) is 14.5. The average molecular weight is 781 g/mol. The van der Waals surface area contributed by atoms with Crippen LogP contribution in [0.25, 0.3) is 0 Å². The van der Waals surface area contributed by atoms with Crippen LogP contribution in [-0.2, 0) is 24.4 Å². The fourth-order valence-corrected chi connectivity index (χ4v) is 6.68. The lowest BCUT2D eigenvalue weighted by molar-refractivity contribution is -0.203. The first-order valence-electron chi connectivity index (χ1n) is 8.41. The van der Waals surface area contributed by atoms with Gasteiger partial charge in [-0.3, -0.25) is 0 Å². The van der Waals surface area contributed by atoms with Crippen molar-refractivity contribution >= 4 is 89.8 Å². The van der Waals surface area contributed by atoms with Crippen LogP contribution in [0.1, 0.15) is 29.6 Å². The summed E-state index contributed by atoms with van der Waals surface area (Å²) >= 11 is 6.27. The molecule has 2 saturated carbocycles. The van der Waals surface area contributed by atoms with Crippen LogP contribution in [0.4, 0.5) is 8.78 Å². The Labute approximate surface area is 209 Å². The van der Waals surface area contributed by atoms with E-state index in [9.17, 15) is 31.3 Å². The molecule has 8 nitrogen and oxygen atoms in total. The van der Waals surface area contributed by atoms with Crippen LogP contribution in [0, 0.1) is 22.5 Å². The van der Waals surface area contributed by atoms with E-state index in [1.54, 1.807) is 6.07 Å². The number of rotatable bonds is 3. The summed E-state index contributed by atoms with van der Waals surface area (Å²) in [5.74, 6) is -4.81. The van der Waals surface area contributed by atoms with Crippen molar-refractivity contribution in [3.8, 4) is 5.75 Å². The van der Waals surface area contributed by atoms with Crippen LogP contribution in [-0.4, -0.2) is 42.1 Å². The first-order chi connectivity index (χ1) is 13.8. The zero-order valence-corrected chi connectivity index (χ0v) is 21.8. The minimum absolute atomic E-state index is 0.0343. The number of esters is 2. The fraction of sp³-hybridized carbons (Fsp3) is 0.500. The van der Waals surface area contributed by atoms with Gasteiger partial charge in [0.25, 0.3) is 5.79 Å². The molecular weight excluding hydrogens is 771 g/mol. The Hall–Kier alpha value is -0.0800. The van der Waals surface area contributed by atoms with E-state index in [0.717, 1.165) is 7.14 Å². The summed E-state index contributed by atoms with van der Waals surface area (Å²) in [6, 6.07) is 1.73. The van der Waals surface area contributed by atoms with Crippen molar-refractivity contribution in [2.45, 2.75) is 36.4 Å². The summed E-state index contributed by atoms with van der Waals surface area (Å²) in [6.07, 6.45) is -0.529. The number of ether oxygens (including phenoxy) is 3. The second-order valence-corrected chi connectivity index (χ2v) is 12.0. The van der Waals surface area contributed by atoms with Crippen LogP contribution >= 0.6 is 67.8 Å². The molecule has 1 aromatic rings. The van der Waals surface area contributed by atoms with E-state index >= 15 is 0 Å². The molecule has 164 valence electrons. The number of hydrogen-bond donors (Lipinski definition) is 0. The van der Waals surface area contributed by atoms with Crippen molar-refractivity contribution in [1.29, 1.82) is 0 Å². The molecule has 1 heterocycles. The maximum Gasteiger partial charge on any atom is 0.428 e. The van der Waals surface area contributed by atoms with Crippen molar-refractivity contribution in [3.63, 3.8) is 0 Å². The third-order valence-electron chi connectivity index (χ3n) is 5.49. The van der Waals surface area contributed by atoms with Crippen molar-refractivity contribution in [3.05, 3.63) is 22.3 Å². The van der Waals surface area contributed by atoms with Crippen LogP contribution in [0.5, 0.6) is 5.75 Å². The van der Waals surface area contributed by atoms with Crippen molar-refractivity contribution in [2.24, 2.45) is 11.8 Å². The van der Waals surface area contributed by atoms with E-state index in [1.165, 1.54) is 0 Å². The Bertz CT molecular complexity index is 1080. The van der Waals surface area contributed by atoms with Gasteiger partial charge in [-0.15, -0.1) is 0 Å². The van der Waals surface area contributed by atoms with E-state index < -0.39 is 51.0 Å². The molecule has 0 N–H and O–H groups in total. The van der Waals surface area contributed by atoms with Gasteiger partial charge in [0.05, 0.1) is 0 Å². The van der Waals surface area contributed by atoms with Gasteiger partial charge in [-0.1, -0.05) is 0 Å². The SMILES string of the molecule is O=C1OC2(CC3CC2CC3OC(=O)C(F)(F)S(=O)(=O)[O-])Oc2cc(I)c(I)c(I)c21. The Balaban J connectivity index is 1.54. The van der Waals surface area contributed by atoms with Gasteiger partial charge in [-0.05, 0) is 86.7 Å². The average Bonchev–Trinajstić information content (AvgIpc) is 3.15. The van der Waals surface area contributed by atoms with Gasteiger partial charge in [0.1, 0.15) is 17.4 Å². The van der Waals surface area contributed by atoms with E-state index in [4.69, 9.17) is 9.47 Å². The topological polar surface area (TPSA) is 119 Å². The third-order valence-corrected chi connectivity index (χ3v) is 11.4. The zero-order chi connectivity index (χ0) is 22.2. The predicted octanol–water partition coefficient (Wildman–Crippen LogP) is 3.23. The summed E-state index contributed by atoms with van der Waals surface area (Å²) in [4.78, 5) is 24.3. The van der Waals surface area contributed by atoms with E-state index in [1.807, 2.05) is 22.6 Å². The molecule has 1 aromatic carbocycles. The van der Waals surface area contributed by atoms with Gasteiger partial charge in [0, 0.05) is 29.0 Å². The lowest BCUT2D eigenvalue weighted by atomic mass is 9.90. The Morgan fingerprint density at radius 3 is 2.47 bits per heavy atom. The number of fused-ring (bicyclic) bond motifs is 4. The molecule has 0 radical (unpaired) electrons. The highest BCUT2D eigenvalue weighted by molar-refractivity contribution is 14.1. The molecule has 2 fully saturated rings. The molecule has 2 bridgehead atoms. The molecule has 4 rings (SSSR count). The standard InChI is InChI=1S/C16H11F2I3O8S/c17-16(18,30(24,25)26)14(23)27-8-2-6-1-5(8)4-15(6)28-9-3-7(19)11(20)12(21)10(9)13(22)29-15/h3,5-6,8H,1-2,4H2,(H,24,25,26)/p-1. The molecule has 1 spiro atoms. The summed E-state index contributed by atoms with van der Waals surface area (Å²) < 4.78 is 77.5. The minimum atomic E-state index is -6.19. The molecular formula is C16H10F2I3O8S-. The highest BCUT2D eigenvalue weighted by atomic mass is 127. The molecule has 30 heavy (non-hydrogen) atoms. The summed E-state index contributed by atoms with van der Waals surface area (Å²) in [5, 5.41) is -5.16. The second-order valence-electron chi connectivity index (χ2n) is 7.21. The van der Waals surface area contributed by atoms with Crippen LogP contribution in [0.15, 0.2) is 6.07 Å². The maximum atomic E-state index is 13.4. The number of carbonyl (C=O) groups is 2. The first-order valence-corrected chi connectivity index (χ1v) is 13.1. The summed E-state index contributed by atoms with van der Waals surface area (Å²) in [5.41, 5.74) is 0.317. The van der Waals surface area contributed by atoms with Crippen LogP contribution in [0.3, 0.4) is 0 Å². The highest BCUT2D eigenvalue weighted by Crippen LogP contribution is 2.56. The Kier molecular flexibility index (Phi) is 5.75. The predicted molar refractivity (Wildman–Crippen MR) is 119 cm³/mol. The molecule has 0 saturated heterocycles. The van der Waals surface area contributed by atoms with Crippen LogP contribution < -0.4 is 4.74 Å². The second kappa shape index (κ2) is 7.47. The third kappa shape index (κ3) is 3.51. The molecule has 4 unspecified atom stereocenters. The normalized spacial score (nSPS) is 30.1. The summed E-state index contributed by atoms with van der Waals surface area (Å²) in [7, 11) is -6.19. The minimum Gasteiger partial charge on any atom is -0.743 e. The number of hydrogen-bond acceptors (Lipinski definition) is 8. The van der Waals surface area contributed by atoms with Crippen LogP contribution in [0.2, 0.25) is 0 Å². The van der Waals surface area contributed by atoms with Gasteiger partial charge in [-0.2, -0.15) is 8.78 Å². The van der Waals surface area contributed by atoms with Crippen molar-refractivity contribution < 1.29 is 45.6 Å². The molecule has 4 atom stereocenters. The first kappa shape index (κ1) is 23.1. The van der Waals surface area contributed by atoms with Crippen molar-refractivity contribution in [2.75, 3.05) is 0 Å². The lowest BCUT2D eigenvalue weighted by Crippen LogP contribution is -2.51. The quantitative estimate of drug-likeness (QED) is 0.199. The van der Waals surface area contributed by atoms with Gasteiger partial charge in [-0.25, -0.2) is 18.0 Å². The van der Waals surface area contributed by atoms with Crippen molar-refractivity contribution in [1.82, 2.24) is 0 Å². The summed E-state index contributed by atoms with van der Waals surface area (Å²) in [6.45, 7) is 0. The van der Waals surface area contributed by atoms with Gasteiger partial charge in [0.15, 0.2) is 10.1 Å². The number of benzene rings is 1. The van der Waals surface area contributed by atoms with E-state index in [0.29, 0.717) is 21.3 Å². The largest absolute Gasteiger partial charge is 0.743 e. The number of alkyl halides is 2. The fourth-order valence-electron chi connectivity index (χ4n) is 4.15. The van der Waals surface area contributed by atoms with Gasteiger partial charge in [0.2, 0.25) is 0 Å². The van der Waals surface area contributed by atoms with Gasteiger partial charge < -0.3 is 18.8 Å². The Morgan fingerprint density at radius 2 is 1.90 bits per heavy atom. The number of carbonyl (C=O) groups excluding carboxylic acids is 2.